The van der Waals surface area contributed by atoms with E-state index in [1.165, 1.54) is 19.1 Å². The highest BCUT2D eigenvalue weighted by atomic mass is 16.5. The zero-order valence-corrected chi connectivity index (χ0v) is 14.1. The first-order valence-electron chi connectivity index (χ1n) is 7.60. The van der Waals surface area contributed by atoms with Gasteiger partial charge in [-0.1, -0.05) is 0 Å². The molecular formula is C16H22N2O6. The average Bonchev–Trinajstić information content (AvgIpc) is 2.96. The van der Waals surface area contributed by atoms with Gasteiger partial charge in [0, 0.05) is 13.2 Å². The molecule has 0 spiro atoms. The number of methoxy groups -OCH3 is 1. The second-order valence-electron chi connectivity index (χ2n) is 5.51. The Morgan fingerprint density at radius 1 is 1.33 bits per heavy atom. The molecule has 0 saturated heterocycles. The van der Waals surface area contributed by atoms with E-state index in [0.717, 1.165) is 0 Å². The van der Waals surface area contributed by atoms with E-state index in [9.17, 15) is 9.90 Å². The molecule has 1 N–H and O–H groups in total. The number of carbonyl (C=O) groups is 1. The quantitative estimate of drug-likeness (QED) is 0.669. The van der Waals surface area contributed by atoms with Crippen molar-refractivity contribution >= 4 is 11.7 Å². The van der Waals surface area contributed by atoms with Gasteiger partial charge in [0.05, 0.1) is 19.8 Å². The number of ether oxygens (including phenoxy) is 4. The fourth-order valence-corrected chi connectivity index (χ4v) is 1.92. The second kappa shape index (κ2) is 8.07. The molecule has 1 aliphatic heterocycles. The molecule has 0 bridgehead atoms. The van der Waals surface area contributed by atoms with Crippen LogP contribution in [0.25, 0.3) is 0 Å². The molecule has 8 heteroatoms. The lowest BCUT2D eigenvalue weighted by Gasteiger charge is -2.12. The van der Waals surface area contributed by atoms with Crippen LogP contribution in [0, 0.1) is 0 Å². The van der Waals surface area contributed by atoms with Crippen molar-refractivity contribution in [1.82, 2.24) is 4.98 Å². The Kier molecular flexibility index (Phi) is 6.10. The van der Waals surface area contributed by atoms with Gasteiger partial charge in [0.15, 0.2) is 17.0 Å². The molecule has 2 rings (SSSR count). The highest BCUT2D eigenvalue weighted by Crippen LogP contribution is 2.27. The summed E-state index contributed by atoms with van der Waals surface area (Å²) >= 11 is 0. The van der Waals surface area contributed by atoms with Crippen molar-refractivity contribution in [2.75, 3.05) is 40.1 Å². The van der Waals surface area contributed by atoms with Gasteiger partial charge in [-0.05, 0) is 19.9 Å². The van der Waals surface area contributed by atoms with Crippen molar-refractivity contribution in [2.45, 2.75) is 19.4 Å². The van der Waals surface area contributed by atoms with E-state index >= 15 is 0 Å². The molecule has 24 heavy (non-hydrogen) atoms. The number of aromatic hydroxyl groups is 1. The van der Waals surface area contributed by atoms with Gasteiger partial charge in [0.2, 0.25) is 11.8 Å². The number of hydrogen-bond acceptors (Lipinski definition) is 8. The first-order chi connectivity index (χ1) is 11.5. The SMILES string of the molecule is COCCOCCOc1ccc(O)c(C2=N[C@@](C)(C(C)=O)CO2)n1. The van der Waals surface area contributed by atoms with E-state index in [1.54, 1.807) is 14.0 Å². The van der Waals surface area contributed by atoms with Crippen molar-refractivity contribution in [1.29, 1.82) is 0 Å². The third-order valence-electron chi connectivity index (χ3n) is 3.56. The minimum Gasteiger partial charge on any atom is -0.505 e. The van der Waals surface area contributed by atoms with E-state index in [4.69, 9.17) is 18.9 Å². The van der Waals surface area contributed by atoms with Crippen LogP contribution in [0.2, 0.25) is 0 Å². The first kappa shape index (κ1) is 18.2. The van der Waals surface area contributed by atoms with Crippen LogP contribution >= 0.6 is 0 Å². The molecule has 0 saturated carbocycles. The highest BCUT2D eigenvalue weighted by molar-refractivity contribution is 6.00. The summed E-state index contributed by atoms with van der Waals surface area (Å²) in [6.45, 7) is 4.96. The van der Waals surface area contributed by atoms with E-state index in [2.05, 4.69) is 9.98 Å². The lowest BCUT2D eigenvalue weighted by atomic mass is 10.0. The third-order valence-corrected chi connectivity index (χ3v) is 3.56. The maximum absolute atomic E-state index is 11.6. The lowest BCUT2D eigenvalue weighted by molar-refractivity contribution is -0.121. The summed E-state index contributed by atoms with van der Waals surface area (Å²) in [4.78, 5) is 20.1. The minimum atomic E-state index is -0.949. The number of aromatic nitrogens is 1. The fourth-order valence-electron chi connectivity index (χ4n) is 1.92. The molecule has 0 amide bonds. The number of ketones is 1. The zero-order valence-electron chi connectivity index (χ0n) is 14.1. The van der Waals surface area contributed by atoms with Gasteiger partial charge >= 0.3 is 0 Å². The normalized spacial score (nSPS) is 19.7. The van der Waals surface area contributed by atoms with Crippen molar-refractivity contribution in [3.8, 4) is 11.6 Å². The molecule has 0 aliphatic carbocycles. The second-order valence-corrected chi connectivity index (χ2v) is 5.51. The summed E-state index contributed by atoms with van der Waals surface area (Å²) in [6.07, 6.45) is 0. The maximum Gasteiger partial charge on any atom is 0.240 e. The van der Waals surface area contributed by atoms with Crippen molar-refractivity contribution in [3.05, 3.63) is 17.8 Å². The summed E-state index contributed by atoms with van der Waals surface area (Å²) in [5.74, 6) is 0.232. The maximum atomic E-state index is 11.6. The Balaban J connectivity index is 2.00. The fraction of sp³-hybridized carbons (Fsp3) is 0.562. The molecule has 1 aromatic heterocycles. The predicted octanol–water partition coefficient (Wildman–Crippen LogP) is 0.953. The van der Waals surface area contributed by atoms with Crippen LogP contribution in [0.5, 0.6) is 11.6 Å². The molecule has 1 atom stereocenters. The van der Waals surface area contributed by atoms with Crippen molar-refractivity contribution in [2.24, 2.45) is 4.99 Å². The third kappa shape index (κ3) is 4.42. The van der Waals surface area contributed by atoms with E-state index in [-0.39, 0.29) is 29.7 Å². The largest absolute Gasteiger partial charge is 0.505 e. The summed E-state index contributed by atoms with van der Waals surface area (Å²) in [5.41, 5.74) is -0.798. The average molecular weight is 338 g/mol. The summed E-state index contributed by atoms with van der Waals surface area (Å²) in [6, 6.07) is 2.98. The van der Waals surface area contributed by atoms with Gasteiger partial charge in [0.25, 0.3) is 0 Å². The van der Waals surface area contributed by atoms with Crippen LogP contribution in [0.3, 0.4) is 0 Å². The lowest BCUT2D eigenvalue weighted by Crippen LogP contribution is -2.32. The van der Waals surface area contributed by atoms with Crippen molar-refractivity contribution < 1.29 is 28.8 Å². The first-order valence-corrected chi connectivity index (χ1v) is 7.60. The molecule has 132 valence electrons. The molecule has 2 heterocycles. The number of Topliss-reactive ketones (excluding diaryl/α,β-unsaturated/α-hetero) is 1. The van der Waals surface area contributed by atoms with Crippen LogP contribution < -0.4 is 4.74 Å². The van der Waals surface area contributed by atoms with Gasteiger partial charge in [-0.3, -0.25) is 4.79 Å². The Morgan fingerprint density at radius 2 is 2.08 bits per heavy atom. The van der Waals surface area contributed by atoms with Gasteiger partial charge in [-0.2, -0.15) is 0 Å². The number of hydrogen-bond donors (Lipinski definition) is 1. The van der Waals surface area contributed by atoms with E-state index < -0.39 is 5.54 Å². The topological polar surface area (TPSA) is 99.5 Å². The van der Waals surface area contributed by atoms with Gasteiger partial charge in [-0.15, -0.1) is 0 Å². The molecule has 8 nitrogen and oxygen atoms in total. The number of carbonyl (C=O) groups excluding carboxylic acids is 1. The Hall–Kier alpha value is -2.19. The number of nitrogens with zero attached hydrogens (tertiary/aromatic N) is 2. The van der Waals surface area contributed by atoms with Crippen LogP contribution in [0.15, 0.2) is 17.1 Å². The number of pyridine rings is 1. The predicted molar refractivity (Wildman–Crippen MR) is 85.7 cm³/mol. The van der Waals surface area contributed by atoms with Gasteiger partial charge < -0.3 is 24.1 Å². The van der Waals surface area contributed by atoms with Crippen molar-refractivity contribution in [3.63, 3.8) is 0 Å². The van der Waals surface area contributed by atoms with Crippen LogP contribution in [-0.4, -0.2) is 67.5 Å². The molecular weight excluding hydrogens is 316 g/mol. The van der Waals surface area contributed by atoms with E-state index in [0.29, 0.717) is 32.3 Å². The standard InChI is InChI=1S/C16H22N2O6/c1-11(19)16(2)10-24-15(18-16)14-12(20)4-5-13(17-14)23-9-8-22-7-6-21-3/h4-5,20H,6-10H2,1-3H3/t16-/m1/s1. The molecule has 0 radical (unpaired) electrons. The number of aliphatic imine (C=N–C) groups is 1. The summed E-state index contributed by atoms with van der Waals surface area (Å²) in [5, 5.41) is 9.97. The zero-order chi connectivity index (χ0) is 17.6. The summed E-state index contributed by atoms with van der Waals surface area (Å²) < 4.78 is 21.1. The molecule has 0 fully saturated rings. The monoisotopic (exact) mass is 338 g/mol. The van der Waals surface area contributed by atoms with Crippen LogP contribution in [-0.2, 0) is 19.0 Å². The highest BCUT2D eigenvalue weighted by Gasteiger charge is 2.38. The Morgan fingerprint density at radius 3 is 2.75 bits per heavy atom. The molecule has 0 unspecified atom stereocenters. The Labute approximate surface area is 140 Å². The van der Waals surface area contributed by atoms with Gasteiger partial charge in [-0.25, -0.2) is 9.98 Å². The molecule has 1 aliphatic rings. The number of rotatable bonds is 9. The minimum absolute atomic E-state index is 0.0924. The van der Waals surface area contributed by atoms with E-state index in [1.807, 2.05) is 0 Å². The molecule has 1 aromatic rings. The smallest absolute Gasteiger partial charge is 0.240 e. The van der Waals surface area contributed by atoms with Gasteiger partial charge in [0.1, 0.15) is 19.0 Å². The van der Waals surface area contributed by atoms with Crippen LogP contribution in [0.1, 0.15) is 19.5 Å². The Bertz CT molecular complexity index is 619. The molecule has 0 aromatic carbocycles. The summed E-state index contributed by atoms with van der Waals surface area (Å²) in [7, 11) is 1.60. The van der Waals surface area contributed by atoms with Crippen LogP contribution in [0.4, 0.5) is 0 Å².